The second-order valence-electron chi connectivity index (χ2n) is 3.39. The third kappa shape index (κ3) is 5.09. The molecule has 0 aliphatic carbocycles. The van der Waals surface area contributed by atoms with E-state index in [4.69, 9.17) is 4.74 Å². The highest BCUT2D eigenvalue weighted by Gasteiger charge is 2.04. The highest BCUT2D eigenvalue weighted by molar-refractivity contribution is 7.98. The Kier molecular flexibility index (Phi) is 6.28. The molecule has 0 aromatic heterocycles. The Labute approximate surface area is 96.4 Å². The van der Waals surface area contributed by atoms with Gasteiger partial charge in [-0.2, -0.15) is 11.8 Å². The van der Waals surface area contributed by atoms with Gasteiger partial charge in [-0.25, -0.2) is 0 Å². The van der Waals surface area contributed by atoms with Crippen LogP contribution in [0.25, 0.3) is 0 Å². The van der Waals surface area contributed by atoms with E-state index in [9.17, 15) is 0 Å². The van der Waals surface area contributed by atoms with Crippen LogP contribution in [0.15, 0.2) is 30.3 Å². The third-order valence-corrected chi connectivity index (χ3v) is 2.99. The summed E-state index contributed by atoms with van der Waals surface area (Å²) in [5, 5.41) is 3.29. The van der Waals surface area contributed by atoms with Crippen molar-refractivity contribution < 1.29 is 4.74 Å². The molecule has 3 heteroatoms. The molecule has 2 nitrogen and oxygen atoms in total. The molecule has 1 aromatic rings. The Morgan fingerprint density at radius 1 is 1.33 bits per heavy atom. The van der Waals surface area contributed by atoms with Crippen molar-refractivity contribution in [2.45, 2.75) is 12.5 Å². The molecule has 84 valence electrons. The summed E-state index contributed by atoms with van der Waals surface area (Å²) in [6, 6.07) is 10.5. The maximum absolute atomic E-state index is 5.64. The zero-order chi connectivity index (χ0) is 10.9. The number of para-hydroxylation sites is 1. The van der Waals surface area contributed by atoms with Crippen LogP contribution in [0.1, 0.15) is 6.42 Å². The molecule has 1 rings (SSSR count). The van der Waals surface area contributed by atoms with Crippen LogP contribution in [0, 0.1) is 0 Å². The topological polar surface area (TPSA) is 21.3 Å². The van der Waals surface area contributed by atoms with Crippen molar-refractivity contribution in [1.82, 2.24) is 5.32 Å². The molecule has 0 aliphatic heterocycles. The van der Waals surface area contributed by atoms with Gasteiger partial charge in [-0.15, -0.1) is 0 Å². The lowest BCUT2D eigenvalue weighted by atomic mass is 10.2. The molecule has 1 unspecified atom stereocenters. The van der Waals surface area contributed by atoms with Gasteiger partial charge in [0, 0.05) is 11.8 Å². The van der Waals surface area contributed by atoms with Crippen molar-refractivity contribution in [3.63, 3.8) is 0 Å². The van der Waals surface area contributed by atoms with E-state index in [2.05, 4.69) is 11.6 Å². The summed E-state index contributed by atoms with van der Waals surface area (Å²) in [4.78, 5) is 0. The average Bonchev–Trinajstić information content (AvgIpc) is 2.29. The lowest BCUT2D eigenvalue weighted by Crippen LogP contribution is -2.29. The number of rotatable bonds is 7. The van der Waals surface area contributed by atoms with Gasteiger partial charge in [0.25, 0.3) is 0 Å². The number of nitrogens with one attached hydrogen (secondary N) is 1. The van der Waals surface area contributed by atoms with Crippen molar-refractivity contribution in [2.24, 2.45) is 0 Å². The Bertz CT molecular complexity index is 253. The first-order valence-corrected chi connectivity index (χ1v) is 6.60. The van der Waals surface area contributed by atoms with Crippen LogP contribution in [-0.2, 0) is 0 Å². The minimum absolute atomic E-state index is 0.545. The fourth-order valence-corrected chi connectivity index (χ4v) is 2.08. The lowest BCUT2D eigenvalue weighted by Gasteiger charge is -2.15. The van der Waals surface area contributed by atoms with Gasteiger partial charge < -0.3 is 10.1 Å². The molecular weight excluding hydrogens is 206 g/mol. The molecule has 0 bridgehead atoms. The van der Waals surface area contributed by atoms with E-state index in [1.165, 1.54) is 0 Å². The zero-order valence-corrected chi connectivity index (χ0v) is 10.2. The summed E-state index contributed by atoms with van der Waals surface area (Å²) in [5.41, 5.74) is 0. The SMILES string of the molecule is CNC(CCOc1ccccc1)CSC. The number of ether oxygens (including phenoxy) is 1. The van der Waals surface area contributed by atoms with Gasteiger partial charge in [-0.3, -0.25) is 0 Å². The van der Waals surface area contributed by atoms with E-state index in [1.54, 1.807) is 0 Å². The van der Waals surface area contributed by atoms with Crippen molar-refractivity contribution in [3.8, 4) is 5.75 Å². The molecular formula is C12H19NOS. The highest BCUT2D eigenvalue weighted by atomic mass is 32.2. The molecule has 0 saturated heterocycles. The zero-order valence-electron chi connectivity index (χ0n) is 9.40. The van der Waals surface area contributed by atoms with Crippen molar-refractivity contribution in [3.05, 3.63) is 30.3 Å². The van der Waals surface area contributed by atoms with E-state index in [0.29, 0.717) is 6.04 Å². The minimum Gasteiger partial charge on any atom is -0.494 e. The second kappa shape index (κ2) is 7.60. The molecule has 0 spiro atoms. The largest absolute Gasteiger partial charge is 0.494 e. The summed E-state index contributed by atoms with van der Waals surface area (Å²) in [5.74, 6) is 2.09. The fraction of sp³-hybridized carbons (Fsp3) is 0.500. The Hall–Kier alpha value is -0.670. The Balaban J connectivity index is 2.20. The molecule has 0 heterocycles. The summed E-state index contributed by atoms with van der Waals surface area (Å²) in [6.07, 6.45) is 3.18. The second-order valence-corrected chi connectivity index (χ2v) is 4.30. The first-order valence-electron chi connectivity index (χ1n) is 5.21. The predicted molar refractivity (Wildman–Crippen MR) is 67.8 cm³/mol. The first-order chi connectivity index (χ1) is 7.36. The van der Waals surface area contributed by atoms with Gasteiger partial charge in [-0.05, 0) is 31.9 Å². The summed E-state index contributed by atoms with van der Waals surface area (Å²) in [7, 11) is 2.00. The quantitative estimate of drug-likeness (QED) is 0.770. The van der Waals surface area contributed by atoms with E-state index >= 15 is 0 Å². The molecule has 0 fully saturated rings. The molecule has 0 aliphatic rings. The highest BCUT2D eigenvalue weighted by Crippen LogP contribution is 2.09. The number of benzene rings is 1. The molecule has 1 N–H and O–H groups in total. The van der Waals surface area contributed by atoms with Crippen molar-refractivity contribution >= 4 is 11.8 Å². The number of hydrogen-bond donors (Lipinski definition) is 1. The van der Waals surface area contributed by atoms with E-state index in [1.807, 2.05) is 49.1 Å². The van der Waals surface area contributed by atoms with Crippen LogP contribution in [-0.4, -0.2) is 31.7 Å². The van der Waals surface area contributed by atoms with Gasteiger partial charge >= 0.3 is 0 Å². The van der Waals surface area contributed by atoms with Crippen LogP contribution in [0.2, 0.25) is 0 Å². The summed E-state index contributed by atoms with van der Waals surface area (Å²) >= 11 is 1.86. The van der Waals surface area contributed by atoms with E-state index in [-0.39, 0.29) is 0 Å². The van der Waals surface area contributed by atoms with Crippen molar-refractivity contribution in [2.75, 3.05) is 25.7 Å². The molecule has 1 atom stereocenters. The monoisotopic (exact) mass is 225 g/mol. The van der Waals surface area contributed by atoms with Crippen LogP contribution < -0.4 is 10.1 Å². The van der Waals surface area contributed by atoms with Crippen LogP contribution in [0.5, 0.6) is 5.75 Å². The van der Waals surface area contributed by atoms with Crippen molar-refractivity contribution in [1.29, 1.82) is 0 Å². The first kappa shape index (κ1) is 12.4. The fourth-order valence-electron chi connectivity index (χ4n) is 1.35. The summed E-state index contributed by atoms with van der Waals surface area (Å²) < 4.78 is 5.64. The van der Waals surface area contributed by atoms with Crippen LogP contribution in [0.4, 0.5) is 0 Å². The summed E-state index contributed by atoms with van der Waals surface area (Å²) in [6.45, 7) is 0.774. The van der Waals surface area contributed by atoms with E-state index in [0.717, 1.165) is 24.5 Å². The van der Waals surface area contributed by atoms with Gasteiger partial charge in [0.05, 0.1) is 6.61 Å². The molecule has 1 aromatic carbocycles. The predicted octanol–water partition coefficient (Wildman–Crippen LogP) is 2.41. The molecule has 0 saturated carbocycles. The standard InChI is InChI=1S/C12H19NOS/c1-13-11(10-15-2)8-9-14-12-6-4-3-5-7-12/h3-7,11,13H,8-10H2,1-2H3. The van der Waals surface area contributed by atoms with Crippen LogP contribution in [0.3, 0.4) is 0 Å². The minimum atomic E-state index is 0.545. The molecule has 0 radical (unpaired) electrons. The van der Waals surface area contributed by atoms with Crippen LogP contribution >= 0.6 is 11.8 Å². The van der Waals surface area contributed by atoms with Gasteiger partial charge in [-0.1, -0.05) is 18.2 Å². The van der Waals surface area contributed by atoms with Gasteiger partial charge in [0.2, 0.25) is 0 Å². The average molecular weight is 225 g/mol. The molecule has 0 amide bonds. The smallest absolute Gasteiger partial charge is 0.119 e. The van der Waals surface area contributed by atoms with Gasteiger partial charge in [0.15, 0.2) is 0 Å². The van der Waals surface area contributed by atoms with Gasteiger partial charge in [0.1, 0.15) is 5.75 Å². The lowest BCUT2D eigenvalue weighted by molar-refractivity contribution is 0.294. The number of thioether (sulfide) groups is 1. The third-order valence-electron chi connectivity index (χ3n) is 2.25. The molecule has 15 heavy (non-hydrogen) atoms. The Morgan fingerprint density at radius 2 is 2.07 bits per heavy atom. The maximum Gasteiger partial charge on any atom is 0.119 e. The normalized spacial score (nSPS) is 12.4. The number of hydrogen-bond acceptors (Lipinski definition) is 3. The maximum atomic E-state index is 5.64. The van der Waals surface area contributed by atoms with E-state index < -0.39 is 0 Å². The Morgan fingerprint density at radius 3 is 2.67 bits per heavy atom.